The number of amides is 1. The topological polar surface area (TPSA) is 75.3 Å². The van der Waals surface area contributed by atoms with Crippen LogP contribution >= 0.6 is 0 Å². The maximum atomic E-state index is 14.0. The number of hydrogen-bond acceptors (Lipinski definition) is 4. The number of methoxy groups -OCH3 is 1. The fourth-order valence-electron chi connectivity index (χ4n) is 2.83. The second-order valence-electron chi connectivity index (χ2n) is 6.41. The van der Waals surface area contributed by atoms with E-state index in [2.05, 4.69) is 9.97 Å². The van der Waals surface area contributed by atoms with Crippen LogP contribution in [0, 0.1) is 5.82 Å². The number of nitrogens with one attached hydrogen (secondary N) is 1. The molecule has 3 rings (SSSR count). The average Bonchev–Trinajstić information content (AvgIpc) is 2.65. The number of halogens is 1. The quantitative estimate of drug-likeness (QED) is 0.750. The number of benzene rings is 2. The average molecular weight is 369 g/mol. The van der Waals surface area contributed by atoms with Crippen LogP contribution in [0.2, 0.25) is 0 Å². The zero-order valence-corrected chi connectivity index (χ0v) is 15.3. The van der Waals surface area contributed by atoms with Gasteiger partial charge in [-0.15, -0.1) is 0 Å². The summed E-state index contributed by atoms with van der Waals surface area (Å²) in [5.41, 5.74) is 0.496. The second kappa shape index (κ2) is 7.57. The van der Waals surface area contributed by atoms with Crippen molar-refractivity contribution in [3.8, 4) is 5.75 Å². The molecule has 0 aliphatic carbocycles. The van der Waals surface area contributed by atoms with Crippen LogP contribution < -0.4 is 10.3 Å². The van der Waals surface area contributed by atoms with Crippen molar-refractivity contribution in [1.29, 1.82) is 0 Å². The standard InChI is InChI=1S/C20H20FN3O3/c1-12(2)24(20(26)13-8-9-17(27-3)15(21)10-13)11-18-22-16-7-5-4-6-14(16)19(25)23-18/h4-10,12H,11H2,1-3H3,(H,22,23,25). The molecular formula is C20H20FN3O3. The summed E-state index contributed by atoms with van der Waals surface area (Å²) in [5, 5.41) is 0.487. The van der Waals surface area contributed by atoms with Crippen molar-refractivity contribution in [3.05, 3.63) is 70.0 Å². The van der Waals surface area contributed by atoms with E-state index < -0.39 is 5.82 Å². The number of aromatic nitrogens is 2. The third kappa shape index (κ3) is 3.81. The molecule has 1 heterocycles. The number of nitrogens with zero attached hydrogens (tertiary/aromatic N) is 2. The van der Waals surface area contributed by atoms with Crippen LogP contribution in [-0.2, 0) is 6.54 Å². The minimum atomic E-state index is -0.607. The lowest BCUT2D eigenvalue weighted by atomic mass is 10.1. The van der Waals surface area contributed by atoms with E-state index in [1.165, 1.54) is 24.1 Å². The molecule has 140 valence electrons. The summed E-state index contributed by atoms with van der Waals surface area (Å²) in [6.45, 7) is 3.79. The predicted octanol–water partition coefficient (Wildman–Crippen LogP) is 3.12. The van der Waals surface area contributed by atoms with Gasteiger partial charge in [-0.1, -0.05) is 12.1 Å². The largest absolute Gasteiger partial charge is 0.494 e. The second-order valence-corrected chi connectivity index (χ2v) is 6.41. The van der Waals surface area contributed by atoms with Gasteiger partial charge in [-0.05, 0) is 44.2 Å². The van der Waals surface area contributed by atoms with Gasteiger partial charge >= 0.3 is 0 Å². The predicted molar refractivity (Wildman–Crippen MR) is 100 cm³/mol. The summed E-state index contributed by atoms with van der Waals surface area (Å²) in [5.74, 6) is -0.524. The maximum absolute atomic E-state index is 14.0. The summed E-state index contributed by atoms with van der Waals surface area (Å²) >= 11 is 0. The number of rotatable bonds is 5. The molecule has 7 heteroatoms. The molecule has 3 aromatic rings. The molecule has 0 aliphatic heterocycles. The highest BCUT2D eigenvalue weighted by Gasteiger charge is 2.21. The van der Waals surface area contributed by atoms with Gasteiger partial charge in [-0.3, -0.25) is 9.59 Å². The zero-order chi connectivity index (χ0) is 19.6. The van der Waals surface area contributed by atoms with E-state index in [-0.39, 0.29) is 35.4 Å². The fourth-order valence-corrected chi connectivity index (χ4v) is 2.83. The molecule has 0 spiro atoms. The van der Waals surface area contributed by atoms with Crippen LogP contribution in [0.25, 0.3) is 10.9 Å². The molecule has 0 unspecified atom stereocenters. The number of fused-ring (bicyclic) bond motifs is 1. The van der Waals surface area contributed by atoms with Gasteiger partial charge in [0.15, 0.2) is 11.6 Å². The van der Waals surface area contributed by atoms with Gasteiger partial charge in [-0.2, -0.15) is 0 Å². The summed E-state index contributed by atoms with van der Waals surface area (Å²) < 4.78 is 18.9. The first-order valence-electron chi connectivity index (χ1n) is 8.53. The van der Waals surface area contributed by atoms with Crippen molar-refractivity contribution in [2.45, 2.75) is 26.4 Å². The highest BCUT2D eigenvalue weighted by Crippen LogP contribution is 2.20. The van der Waals surface area contributed by atoms with Crippen molar-refractivity contribution in [3.63, 3.8) is 0 Å². The van der Waals surface area contributed by atoms with Crippen molar-refractivity contribution >= 4 is 16.8 Å². The molecule has 6 nitrogen and oxygen atoms in total. The van der Waals surface area contributed by atoms with Crippen LogP contribution in [0.3, 0.4) is 0 Å². The molecule has 0 saturated carbocycles. The van der Waals surface area contributed by atoms with Gasteiger partial charge in [0, 0.05) is 11.6 Å². The monoisotopic (exact) mass is 369 g/mol. The van der Waals surface area contributed by atoms with E-state index in [4.69, 9.17) is 4.74 Å². The number of carbonyl (C=O) groups is 1. The van der Waals surface area contributed by atoms with E-state index in [1.54, 1.807) is 24.3 Å². The Morgan fingerprint density at radius 2 is 2.00 bits per heavy atom. The van der Waals surface area contributed by atoms with Gasteiger partial charge < -0.3 is 14.6 Å². The summed E-state index contributed by atoms with van der Waals surface area (Å²) in [4.78, 5) is 33.8. The Morgan fingerprint density at radius 3 is 2.67 bits per heavy atom. The first-order chi connectivity index (χ1) is 12.9. The normalized spacial score (nSPS) is 11.0. The molecule has 1 aromatic heterocycles. The van der Waals surface area contributed by atoms with Crippen LogP contribution in [0.1, 0.15) is 30.0 Å². The van der Waals surface area contributed by atoms with Crippen molar-refractivity contribution in [1.82, 2.24) is 14.9 Å². The zero-order valence-electron chi connectivity index (χ0n) is 15.3. The van der Waals surface area contributed by atoms with Crippen LogP contribution in [0.5, 0.6) is 5.75 Å². The minimum Gasteiger partial charge on any atom is -0.494 e. The lowest BCUT2D eigenvalue weighted by molar-refractivity contribution is 0.0684. The number of ether oxygens (including phenoxy) is 1. The highest BCUT2D eigenvalue weighted by atomic mass is 19.1. The van der Waals surface area contributed by atoms with E-state index in [1.807, 2.05) is 13.8 Å². The Hall–Kier alpha value is -3.22. The Bertz CT molecular complexity index is 1050. The van der Waals surface area contributed by atoms with Gasteiger partial charge in [-0.25, -0.2) is 9.37 Å². The van der Waals surface area contributed by atoms with Crippen LogP contribution in [0.4, 0.5) is 4.39 Å². The SMILES string of the molecule is COc1ccc(C(=O)N(Cc2nc3ccccc3c(=O)[nH]2)C(C)C)cc1F. The third-order valence-corrected chi connectivity index (χ3v) is 4.26. The number of para-hydroxylation sites is 1. The molecule has 0 saturated heterocycles. The fraction of sp³-hybridized carbons (Fsp3) is 0.250. The smallest absolute Gasteiger partial charge is 0.258 e. The molecule has 0 aliphatic rings. The van der Waals surface area contributed by atoms with Gasteiger partial charge in [0.25, 0.3) is 11.5 Å². The van der Waals surface area contributed by atoms with Crippen molar-refractivity contribution < 1.29 is 13.9 Å². The number of H-pyrrole nitrogens is 1. The van der Waals surface area contributed by atoms with Gasteiger partial charge in [0.2, 0.25) is 0 Å². The van der Waals surface area contributed by atoms with Crippen LogP contribution in [-0.4, -0.2) is 33.9 Å². The molecule has 0 bridgehead atoms. The third-order valence-electron chi connectivity index (χ3n) is 4.26. The number of aromatic amines is 1. The molecule has 1 N–H and O–H groups in total. The highest BCUT2D eigenvalue weighted by molar-refractivity contribution is 5.94. The summed E-state index contributed by atoms with van der Waals surface area (Å²) in [7, 11) is 1.36. The van der Waals surface area contributed by atoms with Gasteiger partial charge in [0.05, 0.1) is 24.6 Å². The van der Waals surface area contributed by atoms with E-state index >= 15 is 0 Å². The van der Waals surface area contributed by atoms with Crippen molar-refractivity contribution in [2.24, 2.45) is 0 Å². The minimum absolute atomic E-state index is 0.0724. The van der Waals surface area contributed by atoms with E-state index in [0.717, 1.165) is 6.07 Å². The lowest BCUT2D eigenvalue weighted by Crippen LogP contribution is -2.37. The number of hydrogen-bond donors (Lipinski definition) is 1. The molecule has 27 heavy (non-hydrogen) atoms. The van der Waals surface area contributed by atoms with E-state index in [9.17, 15) is 14.0 Å². The molecule has 0 atom stereocenters. The lowest BCUT2D eigenvalue weighted by Gasteiger charge is -2.26. The summed E-state index contributed by atoms with van der Waals surface area (Å²) in [6.07, 6.45) is 0. The Kier molecular flexibility index (Phi) is 5.21. The molecular weight excluding hydrogens is 349 g/mol. The maximum Gasteiger partial charge on any atom is 0.258 e. The Labute approximate surface area is 155 Å². The molecule has 2 aromatic carbocycles. The number of carbonyl (C=O) groups excluding carboxylic acids is 1. The van der Waals surface area contributed by atoms with E-state index in [0.29, 0.717) is 16.7 Å². The first-order valence-corrected chi connectivity index (χ1v) is 8.53. The Balaban J connectivity index is 1.93. The van der Waals surface area contributed by atoms with Gasteiger partial charge in [0.1, 0.15) is 5.82 Å². The van der Waals surface area contributed by atoms with Crippen LogP contribution in [0.15, 0.2) is 47.3 Å². The molecule has 1 amide bonds. The van der Waals surface area contributed by atoms with Crippen molar-refractivity contribution in [2.75, 3.05) is 7.11 Å². The first kappa shape index (κ1) is 18.6. The summed E-state index contributed by atoms with van der Waals surface area (Å²) in [6, 6.07) is 10.9. The molecule has 0 radical (unpaired) electrons. The molecule has 0 fully saturated rings. The Morgan fingerprint density at radius 1 is 1.26 bits per heavy atom.